The van der Waals surface area contributed by atoms with Gasteiger partial charge in [0.25, 0.3) is 5.78 Å². The SMILES string of the molecule is COc1cc(C2C(=C(O)c3ccc(C)cc3)C(=O)C(=O)N2c2nc3ccc(C)cc3s2)ccc1OCc1ccccc1. The number of anilines is 1. The molecule has 4 aromatic carbocycles. The third kappa shape index (κ3) is 5.01. The third-order valence-corrected chi connectivity index (χ3v) is 8.27. The maximum atomic E-state index is 13.7. The number of amides is 1. The number of rotatable bonds is 7. The number of carbonyl (C=O) groups excluding carboxylic acids is 2. The number of benzene rings is 4. The lowest BCUT2D eigenvalue weighted by Crippen LogP contribution is -2.29. The van der Waals surface area contributed by atoms with Crippen molar-refractivity contribution in [2.24, 2.45) is 0 Å². The van der Waals surface area contributed by atoms with Gasteiger partial charge in [0.2, 0.25) is 0 Å². The lowest BCUT2D eigenvalue weighted by atomic mass is 9.95. The van der Waals surface area contributed by atoms with Crippen molar-refractivity contribution in [3.8, 4) is 11.5 Å². The van der Waals surface area contributed by atoms with Crippen LogP contribution < -0.4 is 14.4 Å². The summed E-state index contributed by atoms with van der Waals surface area (Å²) < 4.78 is 12.6. The number of carbonyl (C=O) groups is 2. The molecule has 2 heterocycles. The van der Waals surface area contributed by atoms with Gasteiger partial charge in [0, 0.05) is 5.56 Å². The van der Waals surface area contributed by atoms with Crippen molar-refractivity contribution >= 4 is 44.1 Å². The summed E-state index contributed by atoms with van der Waals surface area (Å²) in [5.74, 6) is -0.841. The molecule has 6 rings (SSSR count). The molecule has 1 aliphatic rings. The second-order valence-corrected chi connectivity index (χ2v) is 11.2. The first kappa shape index (κ1) is 27.2. The summed E-state index contributed by atoms with van der Waals surface area (Å²) in [6, 6.07) is 27.1. The Bertz CT molecular complexity index is 1840. The second kappa shape index (κ2) is 11.1. The number of aliphatic hydroxyl groups is 1. The van der Waals surface area contributed by atoms with E-state index in [1.807, 2.05) is 74.5 Å². The Balaban J connectivity index is 1.48. The van der Waals surface area contributed by atoms with Crippen LogP contribution in [0.5, 0.6) is 11.5 Å². The van der Waals surface area contributed by atoms with Crippen molar-refractivity contribution in [2.45, 2.75) is 26.5 Å². The first-order valence-electron chi connectivity index (χ1n) is 13.4. The molecule has 0 radical (unpaired) electrons. The van der Waals surface area contributed by atoms with Crippen LogP contribution >= 0.6 is 11.3 Å². The van der Waals surface area contributed by atoms with Crippen molar-refractivity contribution in [3.05, 3.63) is 124 Å². The Kier molecular flexibility index (Phi) is 7.22. The normalized spacial score (nSPS) is 16.3. The average molecular weight is 577 g/mol. The molecule has 1 fully saturated rings. The number of hydrogen-bond donors (Lipinski definition) is 1. The molecular weight excluding hydrogens is 548 g/mol. The van der Waals surface area contributed by atoms with E-state index in [2.05, 4.69) is 0 Å². The summed E-state index contributed by atoms with van der Waals surface area (Å²) in [7, 11) is 1.54. The molecule has 210 valence electrons. The van der Waals surface area contributed by atoms with Crippen LogP contribution in [0.15, 0.2) is 96.6 Å². The minimum absolute atomic E-state index is 0.0145. The third-order valence-electron chi connectivity index (χ3n) is 7.25. The van der Waals surface area contributed by atoms with Gasteiger partial charge in [0.15, 0.2) is 16.6 Å². The van der Waals surface area contributed by atoms with E-state index in [-0.39, 0.29) is 11.3 Å². The van der Waals surface area contributed by atoms with Gasteiger partial charge < -0.3 is 14.6 Å². The molecular formula is C34H28N2O5S. The van der Waals surface area contributed by atoms with Crippen LogP contribution in [0.4, 0.5) is 5.13 Å². The number of ether oxygens (including phenoxy) is 2. The molecule has 1 aromatic heterocycles. The number of fused-ring (bicyclic) bond motifs is 1. The molecule has 1 amide bonds. The highest BCUT2D eigenvalue weighted by atomic mass is 32.1. The molecule has 1 aliphatic heterocycles. The summed E-state index contributed by atoms with van der Waals surface area (Å²) in [6.07, 6.45) is 0. The maximum Gasteiger partial charge on any atom is 0.301 e. The van der Waals surface area contributed by atoms with Gasteiger partial charge >= 0.3 is 5.91 Å². The number of ketones is 1. The molecule has 0 aliphatic carbocycles. The highest BCUT2D eigenvalue weighted by Crippen LogP contribution is 2.46. The van der Waals surface area contributed by atoms with E-state index in [4.69, 9.17) is 14.5 Å². The lowest BCUT2D eigenvalue weighted by molar-refractivity contribution is -0.132. The summed E-state index contributed by atoms with van der Waals surface area (Å²) in [6.45, 7) is 4.26. The van der Waals surface area contributed by atoms with Crippen molar-refractivity contribution in [1.82, 2.24) is 4.98 Å². The summed E-state index contributed by atoms with van der Waals surface area (Å²) in [4.78, 5) is 33.4. The van der Waals surface area contributed by atoms with E-state index >= 15 is 0 Å². The van der Waals surface area contributed by atoms with E-state index in [1.165, 1.54) is 23.3 Å². The Hall–Kier alpha value is -4.95. The summed E-state index contributed by atoms with van der Waals surface area (Å²) in [5, 5.41) is 11.8. The number of methoxy groups -OCH3 is 1. The van der Waals surface area contributed by atoms with Crippen LogP contribution in [0, 0.1) is 13.8 Å². The number of hydrogen-bond acceptors (Lipinski definition) is 7. The van der Waals surface area contributed by atoms with Crippen LogP contribution in [-0.2, 0) is 16.2 Å². The maximum absolute atomic E-state index is 13.7. The monoisotopic (exact) mass is 576 g/mol. The average Bonchev–Trinajstić information content (AvgIpc) is 3.53. The molecule has 7 nitrogen and oxygen atoms in total. The predicted octanol–water partition coefficient (Wildman–Crippen LogP) is 7.13. The largest absolute Gasteiger partial charge is 0.507 e. The van der Waals surface area contributed by atoms with Gasteiger partial charge in [-0.1, -0.05) is 83.6 Å². The predicted molar refractivity (Wildman–Crippen MR) is 164 cm³/mol. The quantitative estimate of drug-likeness (QED) is 0.126. The number of nitrogens with zero attached hydrogens (tertiary/aromatic N) is 2. The van der Waals surface area contributed by atoms with E-state index in [0.717, 1.165) is 26.9 Å². The molecule has 1 unspecified atom stereocenters. The molecule has 1 saturated heterocycles. The van der Waals surface area contributed by atoms with Gasteiger partial charge in [-0.3, -0.25) is 14.5 Å². The Morgan fingerprint density at radius 3 is 2.38 bits per heavy atom. The highest BCUT2D eigenvalue weighted by Gasteiger charge is 2.48. The van der Waals surface area contributed by atoms with E-state index in [1.54, 1.807) is 30.3 Å². The number of Topliss-reactive ketones (excluding diaryl/α,β-unsaturated/α-hetero) is 1. The number of aliphatic hydroxyl groups excluding tert-OH is 1. The molecule has 0 saturated carbocycles. The standard InChI is InChI=1S/C34H28N2O5S/c1-20-9-12-23(13-10-20)31(37)29-30(24-14-16-26(27(18-24)40-3)41-19-22-7-5-4-6-8-22)36(33(39)32(29)38)34-35-25-15-11-21(2)17-28(25)42-34/h4-18,30,37H,19H2,1-3H3. The molecule has 5 aromatic rings. The van der Waals surface area contributed by atoms with E-state index < -0.39 is 17.7 Å². The highest BCUT2D eigenvalue weighted by molar-refractivity contribution is 7.22. The van der Waals surface area contributed by atoms with Crippen LogP contribution in [0.3, 0.4) is 0 Å². The zero-order valence-electron chi connectivity index (χ0n) is 23.3. The molecule has 1 atom stereocenters. The van der Waals surface area contributed by atoms with Gasteiger partial charge in [-0.2, -0.15) is 0 Å². The zero-order valence-corrected chi connectivity index (χ0v) is 24.1. The number of aromatic nitrogens is 1. The van der Waals surface area contributed by atoms with Crippen molar-refractivity contribution in [3.63, 3.8) is 0 Å². The number of aryl methyl sites for hydroxylation is 2. The van der Waals surface area contributed by atoms with Gasteiger partial charge in [-0.05, 0) is 54.8 Å². The molecule has 42 heavy (non-hydrogen) atoms. The van der Waals surface area contributed by atoms with Crippen LogP contribution in [0.1, 0.15) is 33.9 Å². The van der Waals surface area contributed by atoms with Crippen LogP contribution in [0.2, 0.25) is 0 Å². The first-order valence-corrected chi connectivity index (χ1v) is 14.3. The minimum Gasteiger partial charge on any atom is -0.507 e. The van der Waals surface area contributed by atoms with Crippen molar-refractivity contribution in [2.75, 3.05) is 12.0 Å². The molecule has 0 spiro atoms. The molecule has 1 N–H and O–H groups in total. The summed E-state index contributed by atoms with van der Waals surface area (Å²) >= 11 is 1.32. The Morgan fingerprint density at radius 1 is 0.905 bits per heavy atom. The van der Waals surface area contributed by atoms with Crippen molar-refractivity contribution < 1.29 is 24.2 Å². The smallest absolute Gasteiger partial charge is 0.301 e. The van der Waals surface area contributed by atoms with Gasteiger partial charge in [0.1, 0.15) is 12.4 Å². The number of thiazole rings is 1. The van der Waals surface area contributed by atoms with Gasteiger partial charge in [0.05, 0.1) is 28.9 Å². The van der Waals surface area contributed by atoms with E-state index in [0.29, 0.717) is 34.4 Å². The molecule has 0 bridgehead atoms. The summed E-state index contributed by atoms with van der Waals surface area (Å²) in [5.41, 5.74) is 4.79. The fraction of sp³-hybridized carbons (Fsp3) is 0.147. The molecule has 8 heteroatoms. The van der Waals surface area contributed by atoms with E-state index in [9.17, 15) is 14.7 Å². The van der Waals surface area contributed by atoms with Crippen LogP contribution in [0.25, 0.3) is 16.0 Å². The second-order valence-electron chi connectivity index (χ2n) is 10.2. The van der Waals surface area contributed by atoms with Crippen LogP contribution in [-0.4, -0.2) is 28.9 Å². The minimum atomic E-state index is -0.940. The van der Waals surface area contributed by atoms with Crippen molar-refractivity contribution in [1.29, 1.82) is 0 Å². The first-order chi connectivity index (χ1) is 20.3. The Morgan fingerprint density at radius 2 is 1.64 bits per heavy atom. The Labute approximate surface area is 247 Å². The fourth-order valence-electron chi connectivity index (χ4n) is 5.04. The van der Waals surface area contributed by atoms with Gasteiger partial charge in [-0.25, -0.2) is 4.98 Å². The fourth-order valence-corrected chi connectivity index (χ4v) is 6.13. The topological polar surface area (TPSA) is 89.0 Å². The van der Waals surface area contributed by atoms with Gasteiger partial charge in [-0.15, -0.1) is 0 Å². The lowest BCUT2D eigenvalue weighted by Gasteiger charge is -2.24. The zero-order chi connectivity index (χ0) is 29.4.